The van der Waals surface area contributed by atoms with Gasteiger partial charge >= 0.3 is 18.0 Å². The van der Waals surface area contributed by atoms with E-state index in [9.17, 15) is 29.1 Å². The van der Waals surface area contributed by atoms with Crippen LogP contribution in [-0.2, 0) is 33.4 Å². The molecule has 1 fully saturated rings. The zero-order chi connectivity index (χ0) is 29.1. The van der Waals surface area contributed by atoms with Gasteiger partial charge in [-0.05, 0) is 47.1 Å². The Morgan fingerprint density at radius 1 is 1.08 bits per heavy atom. The number of amides is 3. The summed E-state index contributed by atoms with van der Waals surface area (Å²) in [4.78, 5) is 64.3. The zero-order valence-electron chi connectivity index (χ0n) is 22.6. The molecule has 1 aromatic carbocycles. The largest absolute Gasteiger partial charge is 0.509 e. The van der Waals surface area contributed by atoms with Gasteiger partial charge in [0.2, 0.25) is 12.7 Å². The molecule has 2 heterocycles. The van der Waals surface area contributed by atoms with E-state index < -0.39 is 65.1 Å². The van der Waals surface area contributed by atoms with Crippen LogP contribution in [0.15, 0.2) is 41.8 Å². The predicted octanol–water partition coefficient (Wildman–Crippen LogP) is 2.51. The summed E-state index contributed by atoms with van der Waals surface area (Å²) >= 11 is 1.13. The Hall–Kier alpha value is -3.74. The Morgan fingerprint density at radius 3 is 2.31 bits per heavy atom. The third-order valence-electron chi connectivity index (χ3n) is 5.49. The van der Waals surface area contributed by atoms with Gasteiger partial charge in [0.25, 0.3) is 5.91 Å². The number of rotatable bonds is 7. The Morgan fingerprint density at radius 2 is 1.72 bits per heavy atom. The van der Waals surface area contributed by atoms with Crippen molar-refractivity contribution in [2.75, 3.05) is 12.5 Å². The summed E-state index contributed by atoms with van der Waals surface area (Å²) in [6.45, 7) is 9.26. The van der Waals surface area contributed by atoms with Gasteiger partial charge in [-0.25, -0.2) is 9.59 Å². The van der Waals surface area contributed by atoms with Gasteiger partial charge in [0, 0.05) is 0 Å². The highest BCUT2D eigenvalue weighted by molar-refractivity contribution is 8.00. The maximum absolute atomic E-state index is 13.3. The number of carbonyl (C=O) groups excluding carboxylic acids is 5. The quantitative estimate of drug-likeness (QED) is 0.255. The molecule has 1 saturated heterocycles. The number of thioether (sulfide) groups is 1. The molecule has 0 aromatic heterocycles. The van der Waals surface area contributed by atoms with Crippen molar-refractivity contribution in [1.82, 2.24) is 15.5 Å². The molecule has 1 aromatic rings. The van der Waals surface area contributed by atoms with Crippen molar-refractivity contribution in [2.45, 2.75) is 64.6 Å². The summed E-state index contributed by atoms with van der Waals surface area (Å²) in [7, 11) is 0. The van der Waals surface area contributed by atoms with Crippen molar-refractivity contribution in [3.63, 3.8) is 0 Å². The molecule has 212 valence electrons. The van der Waals surface area contributed by atoms with Gasteiger partial charge < -0.3 is 30.0 Å². The zero-order valence-corrected chi connectivity index (χ0v) is 23.4. The fourth-order valence-corrected chi connectivity index (χ4v) is 4.82. The molecule has 0 bridgehead atoms. The molecule has 0 aliphatic carbocycles. The first kappa shape index (κ1) is 29.8. The molecule has 3 amide bonds. The van der Waals surface area contributed by atoms with Crippen LogP contribution in [0.4, 0.5) is 4.79 Å². The van der Waals surface area contributed by atoms with Gasteiger partial charge in [-0.2, -0.15) is 0 Å². The first-order chi connectivity index (χ1) is 18.1. The highest BCUT2D eigenvalue weighted by atomic mass is 32.2. The van der Waals surface area contributed by atoms with Crippen LogP contribution < -0.4 is 10.6 Å². The van der Waals surface area contributed by atoms with Crippen molar-refractivity contribution in [1.29, 1.82) is 0 Å². The summed E-state index contributed by atoms with van der Waals surface area (Å²) in [5.74, 6) is -3.37. The van der Waals surface area contributed by atoms with Crippen LogP contribution >= 0.6 is 11.8 Å². The smallest absolute Gasteiger partial charge is 0.408 e. The number of β-lactam (4-membered cyclic amide) rings is 1. The minimum absolute atomic E-state index is 0.0225. The van der Waals surface area contributed by atoms with Crippen LogP contribution in [-0.4, -0.2) is 69.4 Å². The van der Waals surface area contributed by atoms with Gasteiger partial charge in [0.1, 0.15) is 28.8 Å². The number of aliphatic hydroxyl groups is 1. The number of hydrogen-bond acceptors (Lipinski definition) is 10. The highest BCUT2D eigenvalue weighted by Gasteiger charge is 2.55. The van der Waals surface area contributed by atoms with E-state index in [0.717, 1.165) is 16.7 Å². The van der Waals surface area contributed by atoms with Crippen molar-refractivity contribution < 1.29 is 43.3 Å². The lowest BCUT2D eigenvalue weighted by Crippen LogP contribution is -2.71. The predicted molar refractivity (Wildman–Crippen MR) is 140 cm³/mol. The molecular weight excluding hydrogens is 530 g/mol. The third-order valence-corrected chi connectivity index (χ3v) is 6.75. The fourth-order valence-electron chi connectivity index (χ4n) is 3.62. The van der Waals surface area contributed by atoms with E-state index in [-0.39, 0.29) is 17.2 Å². The first-order valence-electron chi connectivity index (χ1n) is 12.2. The number of fused-ring (bicyclic) bond motifs is 1. The van der Waals surface area contributed by atoms with E-state index in [1.54, 1.807) is 71.9 Å². The van der Waals surface area contributed by atoms with E-state index in [1.807, 2.05) is 0 Å². The fraction of sp³-hybridized carbons (Fsp3) is 0.500. The number of esters is 2. The molecule has 0 saturated carbocycles. The van der Waals surface area contributed by atoms with Gasteiger partial charge in [-0.15, -0.1) is 11.8 Å². The summed E-state index contributed by atoms with van der Waals surface area (Å²) in [6, 6.07) is 6.24. The topological polar surface area (TPSA) is 161 Å². The van der Waals surface area contributed by atoms with Gasteiger partial charge in [0.15, 0.2) is 5.70 Å². The average molecular weight is 564 g/mol. The van der Waals surface area contributed by atoms with Crippen LogP contribution in [0.25, 0.3) is 0 Å². The summed E-state index contributed by atoms with van der Waals surface area (Å²) in [6.07, 6.45) is -0.815. The molecule has 3 unspecified atom stereocenters. The molecule has 12 nitrogen and oxygen atoms in total. The highest BCUT2D eigenvalue weighted by Crippen LogP contribution is 2.40. The number of nitrogens with one attached hydrogen (secondary N) is 2. The van der Waals surface area contributed by atoms with Crippen LogP contribution in [0.1, 0.15) is 53.1 Å². The normalized spacial score (nSPS) is 19.7. The molecule has 2 aliphatic rings. The Labute approximate surface area is 230 Å². The van der Waals surface area contributed by atoms with Gasteiger partial charge in [-0.1, -0.05) is 30.3 Å². The lowest BCUT2D eigenvalue weighted by molar-refractivity contribution is -0.173. The van der Waals surface area contributed by atoms with E-state index >= 15 is 0 Å². The van der Waals surface area contributed by atoms with E-state index in [1.165, 1.54) is 0 Å². The Kier molecular flexibility index (Phi) is 8.84. The van der Waals surface area contributed by atoms with Gasteiger partial charge in [0.05, 0.1) is 11.2 Å². The van der Waals surface area contributed by atoms with E-state index in [2.05, 4.69) is 10.6 Å². The van der Waals surface area contributed by atoms with Crippen molar-refractivity contribution in [3.8, 4) is 0 Å². The molecular formula is C26H33N3O9S. The number of ether oxygens (including phenoxy) is 3. The molecule has 13 heteroatoms. The summed E-state index contributed by atoms with van der Waals surface area (Å²) in [5.41, 5.74) is -1.52. The number of alkyl carbamates (subject to hydrolysis) is 1. The van der Waals surface area contributed by atoms with Crippen LogP contribution in [0.2, 0.25) is 0 Å². The van der Waals surface area contributed by atoms with Crippen LogP contribution in [0, 0.1) is 5.41 Å². The molecule has 0 radical (unpaired) electrons. The minimum Gasteiger partial charge on any atom is -0.509 e. The monoisotopic (exact) mass is 563 g/mol. The Bertz CT molecular complexity index is 1170. The third kappa shape index (κ3) is 7.22. The lowest BCUT2D eigenvalue weighted by Gasteiger charge is -2.49. The molecule has 3 atom stereocenters. The van der Waals surface area contributed by atoms with Crippen LogP contribution in [0.5, 0.6) is 0 Å². The summed E-state index contributed by atoms with van der Waals surface area (Å²) < 4.78 is 15.2. The van der Waals surface area contributed by atoms with Crippen molar-refractivity contribution in [2.24, 2.45) is 5.41 Å². The molecule has 39 heavy (non-hydrogen) atoms. The number of hydrogen-bond donors (Lipinski definition) is 3. The minimum atomic E-state index is -1.16. The SMILES string of the molecule is CC(C)(C)OC(=O)NC(C(=O)NC1C(=O)N2C(C(=O)OCOC(=O)C(C)(C)C)=C(O)CSC12)c1ccccc1. The maximum atomic E-state index is 13.3. The van der Waals surface area contributed by atoms with Crippen LogP contribution in [0.3, 0.4) is 0 Å². The molecule has 3 N–H and O–H groups in total. The molecule has 3 rings (SSSR count). The average Bonchev–Trinajstić information content (AvgIpc) is 2.84. The number of benzene rings is 1. The lowest BCUT2D eigenvalue weighted by atomic mass is 9.98. The number of nitrogens with zero attached hydrogens (tertiary/aromatic N) is 1. The first-order valence-corrected chi connectivity index (χ1v) is 13.2. The van der Waals surface area contributed by atoms with E-state index in [4.69, 9.17) is 14.2 Å². The van der Waals surface area contributed by atoms with Crippen molar-refractivity contribution in [3.05, 3.63) is 47.4 Å². The van der Waals surface area contributed by atoms with E-state index in [0.29, 0.717) is 5.56 Å². The number of aliphatic hydroxyl groups excluding tert-OH is 1. The molecule has 0 spiro atoms. The summed E-state index contributed by atoms with van der Waals surface area (Å²) in [5, 5.41) is 14.8. The second-order valence-corrected chi connectivity index (χ2v) is 12.0. The second-order valence-electron chi connectivity index (χ2n) is 10.9. The molecule has 2 aliphatic heterocycles. The Balaban J connectivity index is 1.69. The standard InChI is InChI=1S/C26H33N3O9S/c1-25(2,3)23(34)37-13-36-22(33)18-15(30)12-39-21-17(20(32)29(18)21)27-19(31)16(14-10-8-7-9-11-14)28-24(35)38-26(4,5)6/h7-11,16-17,21,30H,12-13H2,1-6H3,(H,27,31)(H,28,35). The van der Waals surface area contributed by atoms with Crippen molar-refractivity contribution >= 4 is 41.6 Å². The maximum Gasteiger partial charge on any atom is 0.408 e. The van der Waals surface area contributed by atoms with Gasteiger partial charge in [-0.3, -0.25) is 19.3 Å². The number of carbonyl (C=O) groups is 5. The second kappa shape index (κ2) is 11.6.